The van der Waals surface area contributed by atoms with Gasteiger partial charge in [0.15, 0.2) is 5.96 Å². The summed E-state index contributed by atoms with van der Waals surface area (Å²) in [5, 5.41) is 9.59. The Bertz CT molecular complexity index is 613. The number of ether oxygens (including phenoxy) is 1. The zero-order chi connectivity index (χ0) is 19.5. The molecule has 1 aromatic rings. The Labute approximate surface area is 186 Å². The van der Waals surface area contributed by atoms with Crippen LogP contribution in [0.5, 0.6) is 0 Å². The van der Waals surface area contributed by atoms with Crippen molar-refractivity contribution in [3.63, 3.8) is 0 Å². The van der Waals surface area contributed by atoms with Gasteiger partial charge in [-0.2, -0.15) is 0 Å². The van der Waals surface area contributed by atoms with Crippen molar-refractivity contribution in [2.24, 2.45) is 4.99 Å². The second-order valence-corrected chi connectivity index (χ2v) is 7.26. The standard InChI is InChI=1S/C21H34N4O2.HI/c1-4-6-13-23-19(26)18-10-8-17(9-11-18)15-24-20(22-5-2)25-16-21(3)12-7-14-27-21;/h8-11H,4-7,12-16H2,1-3H3,(H,23,26)(H2,22,24,25);1H. The summed E-state index contributed by atoms with van der Waals surface area (Å²) in [6.45, 7) is 9.98. The number of amides is 1. The second-order valence-electron chi connectivity index (χ2n) is 7.26. The van der Waals surface area contributed by atoms with E-state index in [1.807, 2.05) is 24.3 Å². The molecule has 0 aromatic heterocycles. The van der Waals surface area contributed by atoms with E-state index in [1.165, 1.54) is 0 Å². The maximum absolute atomic E-state index is 12.1. The quantitative estimate of drug-likeness (QED) is 0.209. The number of rotatable bonds is 9. The molecule has 1 saturated heterocycles. The van der Waals surface area contributed by atoms with Gasteiger partial charge in [-0.15, -0.1) is 24.0 Å². The van der Waals surface area contributed by atoms with Gasteiger partial charge in [-0.1, -0.05) is 25.5 Å². The van der Waals surface area contributed by atoms with Crippen molar-refractivity contribution in [1.29, 1.82) is 0 Å². The Hall–Kier alpha value is -1.35. The van der Waals surface area contributed by atoms with Crippen LogP contribution < -0.4 is 16.0 Å². The van der Waals surface area contributed by atoms with E-state index in [0.717, 1.165) is 63.4 Å². The third-order valence-electron chi connectivity index (χ3n) is 4.73. The van der Waals surface area contributed by atoms with Gasteiger partial charge in [0.2, 0.25) is 0 Å². The fourth-order valence-corrected chi connectivity index (χ4v) is 3.00. The van der Waals surface area contributed by atoms with Gasteiger partial charge in [-0.25, -0.2) is 4.99 Å². The largest absolute Gasteiger partial charge is 0.373 e. The number of unbranched alkanes of at least 4 members (excludes halogenated alkanes) is 1. The lowest BCUT2D eigenvalue weighted by Crippen LogP contribution is -2.45. The number of nitrogens with zero attached hydrogens (tertiary/aromatic N) is 1. The maximum atomic E-state index is 12.1. The first-order valence-electron chi connectivity index (χ1n) is 10.1. The van der Waals surface area contributed by atoms with E-state index in [-0.39, 0.29) is 35.5 Å². The highest BCUT2D eigenvalue weighted by Gasteiger charge is 2.29. The number of carbonyl (C=O) groups excluding carboxylic acids is 1. The van der Waals surface area contributed by atoms with Crippen LogP contribution in [-0.2, 0) is 11.3 Å². The minimum atomic E-state index is -0.108. The predicted octanol–water partition coefficient (Wildman–Crippen LogP) is 3.46. The van der Waals surface area contributed by atoms with Crippen molar-refractivity contribution in [3.05, 3.63) is 35.4 Å². The molecule has 6 nitrogen and oxygen atoms in total. The van der Waals surface area contributed by atoms with E-state index in [4.69, 9.17) is 4.74 Å². The number of hydrogen-bond acceptors (Lipinski definition) is 3. The van der Waals surface area contributed by atoms with Crippen molar-refractivity contribution in [1.82, 2.24) is 16.0 Å². The van der Waals surface area contributed by atoms with Gasteiger partial charge in [0.25, 0.3) is 5.91 Å². The van der Waals surface area contributed by atoms with E-state index in [9.17, 15) is 4.79 Å². The Morgan fingerprint density at radius 2 is 1.93 bits per heavy atom. The topological polar surface area (TPSA) is 74.8 Å². The molecule has 1 heterocycles. The highest BCUT2D eigenvalue weighted by atomic mass is 127. The molecule has 0 bridgehead atoms. The zero-order valence-electron chi connectivity index (χ0n) is 17.3. The summed E-state index contributed by atoms with van der Waals surface area (Å²) in [6, 6.07) is 7.65. The zero-order valence-corrected chi connectivity index (χ0v) is 19.7. The molecule has 1 aliphatic rings. The average Bonchev–Trinajstić information content (AvgIpc) is 3.11. The molecule has 1 aromatic carbocycles. The smallest absolute Gasteiger partial charge is 0.251 e. The van der Waals surface area contributed by atoms with Crippen LogP contribution in [0.25, 0.3) is 0 Å². The van der Waals surface area contributed by atoms with Gasteiger partial charge in [-0.3, -0.25) is 4.79 Å². The highest BCUT2D eigenvalue weighted by molar-refractivity contribution is 14.0. The SMILES string of the molecule is CCCCNC(=O)c1ccc(CN=C(NCC)NCC2(C)CCCO2)cc1.I. The number of carbonyl (C=O) groups is 1. The van der Waals surface area contributed by atoms with Crippen molar-refractivity contribution >= 4 is 35.8 Å². The third kappa shape index (κ3) is 8.34. The van der Waals surface area contributed by atoms with Crippen molar-refractivity contribution in [3.8, 4) is 0 Å². The molecule has 158 valence electrons. The van der Waals surface area contributed by atoms with Crippen LogP contribution in [0.3, 0.4) is 0 Å². The van der Waals surface area contributed by atoms with Crippen LogP contribution in [0.1, 0.15) is 62.4 Å². The van der Waals surface area contributed by atoms with Gasteiger partial charge < -0.3 is 20.7 Å². The van der Waals surface area contributed by atoms with E-state index in [2.05, 4.69) is 41.7 Å². The molecule has 0 spiro atoms. The van der Waals surface area contributed by atoms with E-state index in [0.29, 0.717) is 12.1 Å². The number of halogens is 1. The van der Waals surface area contributed by atoms with Crippen LogP contribution in [0, 0.1) is 0 Å². The summed E-state index contributed by atoms with van der Waals surface area (Å²) in [6.07, 6.45) is 4.26. The summed E-state index contributed by atoms with van der Waals surface area (Å²) in [5.74, 6) is 0.772. The Kier molecular flexibility index (Phi) is 11.4. The Morgan fingerprint density at radius 1 is 1.18 bits per heavy atom. The molecule has 7 heteroatoms. The monoisotopic (exact) mass is 502 g/mol. The summed E-state index contributed by atoms with van der Waals surface area (Å²) < 4.78 is 5.82. The average molecular weight is 502 g/mol. The molecule has 28 heavy (non-hydrogen) atoms. The fourth-order valence-electron chi connectivity index (χ4n) is 3.00. The lowest BCUT2D eigenvalue weighted by Gasteiger charge is -2.24. The fraction of sp³-hybridized carbons (Fsp3) is 0.619. The molecule has 1 aliphatic heterocycles. The van der Waals surface area contributed by atoms with Crippen molar-refractivity contribution in [2.45, 2.75) is 58.6 Å². The number of aliphatic imine (C=N–C) groups is 1. The van der Waals surface area contributed by atoms with Gasteiger partial charge in [0.1, 0.15) is 0 Å². The number of guanidine groups is 1. The minimum Gasteiger partial charge on any atom is -0.373 e. The Balaban J connectivity index is 0.00000392. The summed E-state index contributed by atoms with van der Waals surface area (Å²) >= 11 is 0. The van der Waals surface area contributed by atoms with Crippen molar-refractivity contribution in [2.75, 3.05) is 26.2 Å². The van der Waals surface area contributed by atoms with Gasteiger partial charge in [-0.05, 0) is 50.8 Å². The van der Waals surface area contributed by atoms with Gasteiger partial charge in [0.05, 0.1) is 12.1 Å². The first kappa shape index (κ1) is 24.7. The van der Waals surface area contributed by atoms with Crippen LogP contribution in [0.2, 0.25) is 0 Å². The second kappa shape index (κ2) is 13.0. The summed E-state index contributed by atoms with van der Waals surface area (Å²) in [4.78, 5) is 16.7. The molecule has 0 saturated carbocycles. The highest BCUT2D eigenvalue weighted by Crippen LogP contribution is 2.23. The van der Waals surface area contributed by atoms with E-state index in [1.54, 1.807) is 0 Å². The lowest BCUT2D eigenvalue weighted by molar-refractivity contribution is 0.0243. The molecule has 0 radical (unpaired) electrons. The number of hydrogen-bond donors (Lipinski definition) is 3. The third-order valence-corrected chi connectivity index (χ3v) is 4.73. The molecule has 1 unspecified atom stereocenters. The van der Waals surface area contributed by atoms with Crippen LogP contribution in [-0.4, -0.2) is 43.7 Å². The van der Waals surface area contributed by atoms with Crippen LogP contribution in [0.4, 0.5) is 0 Å². The van der Waals surface area contributed by atoms with Gasteiger partial charge >= 0.3 is 0 Å². The van der Waals surface area contributed by atoms with Crippen LogP contribution >= 0.6 is 24.0 Å². The molecule has 3 N–H and O–H groups in total. The van der Waals surface area contributed by atoms with Crippen molar-refractivity contribution < 1.29 is 9.53 Å². The first-order valence-corrected chi connectivity index (χ1v) is 10.1. The number of nitrogens with one attached hydrogen (secondary N) is 3. The predicted molar refractivity (Wildman–Crippen MR) is 126 cm³/mol. The van der Waals surface area contributed by atoms with Crippen LogP contribution in [0.15, 0.2) is 29.3 Å². The Morgan fingerprint density at radius 3 is 2.54 bits per heavy atom. The minimum absolute atomic E-state index is 0. The lowest BCUT2D eigenvalue weighted by atomic mass is 10.0. The van der Waals surface area contributed by atoms with E-state index >= 15 is 0 Å². The molecule has 1 amide bonds. The molecule has 1 atom stereocenters. The molecular formula is C21H35IN4O2. The molecule has 2 rings (SSSR count). The normalized spacial score (nSPS) is 19.0. The first-order chi connectivity index (χ1) is 13.1. The maximum Gasteiger partial charge on any atom is 0.251 e. The summed E-state index contributed by atoms with van der Waals surface area (Å²) in [5.41, 5.74) is 1.65. The number of benzene rings is 1. The molecule has 0 aliphatic carbocycles. The molecular weight excluding hydrogens is 467 g/mol. The summed E-state index contributed by atoms with van der Waals surface area (Å²) in [7, 11) is 0. The molecule has 1 fully saturated rings. The van der Waals surface area contributed by atoms with E-state index < -0.39 is 0 Å². The van der Waals surface area contributed by atoms with Gasteiger partial charge in [0, 0.05) is 31.8 Å².